The number of carbonyl (C=O) groups is 1. The van der Waals surface area contributed by atoms with E-state index in [1.165, 1.54) is 0 Å². The molecule has 0 unspecified atom stereocenters. The van der Waals surface area contributed by atoms with Gasteiger partial charge in [0.05, 0.1) is 23.3 Å². The quantitative estimate of drug-likeness (QED) is 0.635. The normalized spacial score (nSPS) is 10.8. The number of para-hydroxylation sites is 1. The molecule has 3 aromatic rings. The van der Waals surface area contributed by atoms with Gasteiger partial charge in [-0.05, 0) is 71.6 Å². The Morgan fingerprint density at radius 2 is 1.77 bits per heavy atom. The van der Waals surface area contributed by atoms with Gasteiger partial charge in [-0.1, -0.05) is 19.1 Å². The van der Waals surface area contributed by atoms with Crippen LogP contribution in [0.15, 0.2) is 40.9 Å². The molecule has 0 saturated carbocycles. The Kier molecular flexibility index (Phi) is 5.52. The van der Waals surface area contributed by atoms with Gasteiger partial charge in [-0.15, -0.1) is 0 Å². The number of nitrogens with zero attached hydrogens (tertiary/aromatic N) is 2. The van der Waals surface area contributed by atoms with E-state index in [9.17, 15) is 4.79 Å². The molecule has 0 fully saturated rings. The average Bonchev–Trinajstić information content (AvgIpc) is 2.62. The Morgan fingerprint density at radius 1 is 1.12 bits per heavy atom. The molecule has 0 bridgehead atoms. The van der Waals surface area contributed by atoms with Crippen molar-refractivity contribution in [2.45, 2.75) is 27.2 Å². The van der Waals surface area contributed by atoms with Gasteiger partial charge in [-0.3, -0.25) is 4.79 Å². The third-order valence-electron chi connectivity index (χ3n) is 4.03. The van der Waals surface area contributed by atoms with E-state index in [1.807, 2.05) is 57.2 Å². The first-order chi connectivity index (χ1) is 12.5. The summed E-state index contributed by atoms with van der Waals surface area (Å²) in [7, 11) is 0. The van der Waals surface area contributed by atoms with E-state index in [4.69, 9.17) is 4.74 Å². The fourth-order valence-electron chi connectivity index (χ4n) is 2.49. The second kappa shape index (κ2) is 7.83. The molecule has 0 aliphatic rings. The van der Waals surface area contributed by atoms with Crippen LogP contribution < -0.4 is 10.1 Å². The molecule has 0 atom stereocenters. The van der Waals surface area contributed by atoms with Gasteiger partial charge in [-0.2, -0.15) is 0 Å². The standard InChI is InChI=1S/C20H20BrN3O2/c1-4-9-26-20-18(19(25)23-15-8-6-5-7-14(15)21)22-16-10-12(2)13(3)11-17(16)24-20/h5-8,10-11H,4,9H2,1-3H3,(H,23,25). The summed E-state index contributed by atoms with van der Waals surface area (Å²) in [5, 5.41) is 2.87. The molecular weight excluding hydrogens is 394 g/mol. The predicted octanol–water partition coefficient (Wildman–Crippen LogP) is 5.05. The highest BCUT2D eigenvalue weighted by molar-refractivity contribution is 9.10. The number of aromatic nitrogens is 2. The molecule has 1 aromatic heterocycles. The van der Waals surface area contributed by atoms with E-state index in [0.29, 0.717) is 17.8 Å². The van der Waals surface area contributed by atoms with Crippen molar-refractivity contribution in [1.82, 2.24) is 9.97 Å². The van der Waals surface area contributed by atoms with Crippen molar-refractivity contribution in [3.8, 4) is 5.88 Å². The van der Waals surface area contributed by atoms with Gasteiger partial charge in [0.2, 0.25) is 5.88 Å². The Labute approximate surface area is 160 Å². The minimum atomic E-state index is -0.351. The number of fused-ring (bicyclic) bond motifs is 1. The van der Waals surface area contributed by atoms with Crippen LogP contribution in [0, 0.1) is 13.8 Å². The molecule has 5 nitrogen and oxygen atoms in total. The maximum absolute atomic E-state index is 12.8. The van der Waals surface area contributed by atoms with Crippen molar-refractivity contribution in [2.24, 2.45) is 0 Å². The number of carbonyl (C=O) groups excluding carboxylic acids is 1. The highest BCUT2D eigenvalue weighted by atomic mass is 79.9. The summed E-state index contributed by atoms with van der Waals surface area (Å²) >= 11 is 3.43. The van der Waals surface area contributed by atoms with Crippen LogP contribution in [0.2, 0.25) is 0 Å². The van der Waals surface area contributed by atoms with Crippen LogP contribution in [0.25, 0.3) is 11.0 Å². The molecule has 6 heteroatoms. The van der Waals surface area contributed by atoms with Crippen LogP contribution >= 0.6 is 15.9 Å². The Bertz CT molecular complexity index is 973. The Hall–Kier alpha value is -2.47. The van der Waals surface area contributed by atoms with Crippen molar-refractivity contribution in [1.29, 1.82) is 0 Å². The van der Waals surface area contributed by atoms with E-state index in [1.54, 1.807) is 0 Å². The van der Waals surface area contributed by atoms with Crippen LogP contribution in [0.1, 0.15) is 35.0 Å². The molecule has 0 radical (unpaired) electrons. The molecule has 1 heterocycles. The Balaban J connectivity index is 2.05. The predicted molar refractivity (Wildman–Crippen MR) is 107 cm³/mol. The minimum absolute atomic E-state index is 0.185. The lowest BCUT2D eigenvalue weighted by atomic mass is 10.1. The zero-order valence-electron chi connectivity index (χ0n) is 15.0. The molecule has 0 aliphatic heterocycles. The number of benzene rings is 2. The van der Waals surface area contributed by atoms with E-state index < -0.39 is 0 Å². The lowest BCUT2D eigenvalue weighted by Gasteiger charge is -2.12. The molecule has 2 aromatic carbocycles. The third-order valence-corrected chi connectivity index (χ3v) is 4.72. The van der Waals surface area contributed by atoms with E-state index in [-0.39, 0.29) is 17.5 Å². The summed E-state index contributed by atoms with van der Waals surface area (Å²) in [6, 6.07) is 11.3. The highest BCUT2D eigenvalue weighted by Crippen LogP contribution is 2.25. The van der Waals surface area contributed by atoms with Crippen LogP contribution in [0.4, 0.5) is 5.69 Å². The largest absolute Gasteiger partial charge is 0.476 e. The fraction of sp³-hybridized carbons (Fsp3) is 0.250. The molecule has 0 aliphatic carbocycles. The second-order valence-electron chi connectivity index (χ2n) is 6.08. The van der Waals surface area contributed by atoms with Crippen LogP contribution in [-0.2, 0) is 0 Å². The maximum atomic E-state index is 12.8. The van der Waals surface area contributed by atoms with Crippen molar-refractivity contribution in [2.75, 3.05) is 11.9 Å². The summed E-state index contributed by atoms with van der Waals surface area (Å²) in [5.74, 6) is -0.0946. The zero-order chi connectivity index (χ0) is 18.7. The minimum Gasteiger partial charge on any atom is -0.476 e. The van der Waals surface area contributed by atoms with Gasteiger partial charge in [0.1, 0.15) is 0 Å². The van der Waals surface area contributed by atoms with E-state index >= 15 is 0 Å². The van der Waals surface area contributed by atoms with Crippen molar-refractivity contribution < 1.29 is 9.53 Å². The van der Waals surface area contributed by atoms with Crippen LogP contribution in [0.3, 0.4) is 0 Å². The maximum Gasteiger partial charge on any atom is 0.279 e. The van der Waals surface area contributed by atoms with Crippen LogP contribution in [-0.4, -0.2) is 22.5 Å². The molecule has 3 rings (SSSR count). The summed E-state index contributed by atoms with van der Waals surface area (Å²) in [5.41, 5.74) is 4.47. The third kappa shape index (κ3) is 3.85. The van der Waals surface area contributed by atoms with Crippen molar-refractivity contribution in [3.05, 3.63) is 57.7 Å². The molecular formula is C20H20BrN3O2. The average molecular weight is 414 g/mol. The number of amides is 1. The number of nitrogens with one attached hydrogen (secondary N) is 1. The number of aryl methyl sites for hydroxylation is 2. The number of halogens is 1. The van der Waals surface area contributed by atoms with Gasteiger partial charge >= 0.3 is 0 Å². The van der Waals surface area contributed by atoms with Gasteiger partial charge in [0.15, 0.2) is 5.69 Å². The van der Waals surface area contributed by atoms with Crippen LogP contribution in [0.5, 0.6) is 5.88 Å². The molecule has 134 valence electrons. The first-order valence-electron chi connectivity index (χ1n) is 8.47. The number of anilines is 1. The molecule has 0 saturated heterocycles. The van der Waals surface area contributed by atoms with Crippen molar-refractivity contribution >= 4 is 38.6 Å². The molecule has 1 amide bonds. The fourth-order valence-corrected chi connectivity index (χ4v) is 2.87. The smallest absolute Gasteiger partial charge is 0.279 e. The summed E-state index contributed by atoms with van der Waals surface area (Å²) in [4.78, 5) is 21.9. The summed E-state index contributed by atoms with van der Waals surface area (Å²) in [6.07, 6.45) is 0.817. The van der Waals surface area contributed by atoms with E-state index in [0.717, 1.165) is 27.5 Å². The van der Waals surface area contributed by atoms with Crippen molar-refractivity contribution in [3.63, 3.8) is 0 Å². The topological polar surface area (TPSA) is 64.1 Å². The number of hydrogen-bond donors (Lipinski definition) is 1. The Morgan fingerprint density at radius 3 is 2.42 bits per heavy atom. The SMILES string of the molecule is CCCOc1nc2cc(C)c(C)cc2nc1C(=O)Nc1ccccc1Br. The number of ether oxygens (including phenoxy) is 1. The first kappa shape index (κ1) is 18.3. The van der Waals surface area contributed by atoms with Gasteiger partial charge in [0, 0.05) is 4.47 Å². The lowest BCUT2D eigenvalue weighted by Crippen LogP contribution is -2.17. The summed E-state index contributed by atoms with van der Waals surface area (Å²) in [6.45, 7) is 6.51. The first-order valence-corrected chi connectivity index (χ1v) is 9.26. The van der Waals surface area contributed by atoms with Gasteiger partial charge in [0.25, 0.3) is 5.91 Å². The highest BCUT2D eigenvalue weighted by Gasteiger charge is 2.19. The van der Waals surface area contributed by atoms with Gasteiger partial charge in [-0.25, -0.2) is 9.97 Å². The molecule has 0 spiro atoms. The van der Waals surface area contributed by atoms with E-state index in [2.05, 4.69) is 31.2 Å². The molecule has 26 heavy (non-hydrogen) atoms. The monoisotopic (exact) mass is 413 g/mol. The second-order valence-corrected chi connectivity index (χ2v) is 6.94. The molecule has 1 N–H and O–H groups in total. The lowest BCUT2D eigenvalue weighted by molar-refractivity contribution is 0.101. The number of hydrogen-bond acceptors (Lipinski definition) is 4. The summed E-state index contributed by atoms with van der Waals surface area (Å²) < 4.78 is 6.50. The van der Waals surface area contributed by atoms with Gasteiger partial charge < -0.3 is 10.1 Å². The zero-order valence-corrected chi connectivity index (χ0v) is 16.6. The number of rotatable bonds is 5.